The number of nitrogens with zero attached hydrogens (tertiary/aromatic N) is 2. The summed E-state index contributed by atoms with van der Waals surface area (Å²) in [5.74, 6) is 0.342. The largest absolute Gasteiger partial charge is 0.421 e. The van der Waals surface area contributed by atoms with Gasteiger partial charge in [0.1, 0.15) is 5.82 Å². The summed E-state index contributed by atoms with van der Waals surface area (Å²) in [6.45, 7) is 3.65. The molecule has 4 heteroatoms. The predicted molar refractivity (Wildman–Crippen MR) is 53.8 cm³/mol. The van der Waals surface area contributed by atoms with Gasteiger partial charge in [0.2, 0.25) is 5.89 Å². The van der Waals surface area contributed by atoms with Crippen LogP contribution in [0, 0.1) is 12.7 Å². The third kappa shape index (κ3) is 1.88. The van der Waals surface area contributed by atoms with E-state index in [4.69, 9.17) is 4.42 Å². The number of halogens is 1. The molecule has 1 aromatic carbocycles. The minimum atomic E-state index is -0.321. The van der Waals surface area contributed by atoms with Crippen LogP contribution in [0.3, 0.4) is 0 Å². The Morgan fingerprint density at radius 2 is 2.13 bits per heavy atom. The summed E-state index contributed by atoms with van der Waals surface area (Å²) < 4.78 is 18.8. The number of aryl methyl sites for hydroxylation is 2. The molecule has 3 nitrogen and oxygen atoms in total. The van der Waals surface area contributed by atoms with Gasteiger partial charge in [-0.2, -0.15) is 0 Å². The topological polar surface area (TPSA) is 38.9 Å². The van der Waals surface area contributed by atoms with Gasteiger partial charge < -0.3 is 4.42 Å². The molecule has 1 heterocycles. The highest BCUT2D eigenvalue weighted by Gasteiger charge is 2.11. The third-order valence-corrected chi connectivity index (χ3v) is 2.20. The summed E-state index contributed by atoms with van der Waals surface area (Å²) in [6.07, 6.45) is 0.806. The van der Waals surface area contributed by atoms with E-state index < -0.39 is 0 Å². The standard InChI is InChI=1S/C11H11FN2O/c1-3-8-4-5-9(10(12)6-8)11-14-13-7(2)15-11/h4-6H,3H2,1-2H3. The molecule has 0 aliphatic carbocycles. The van der Waals surface area contributed by atoms with Crippen LogP contribution in [0.25, 0.3) is 11.5 Å². The molecule has 0 aliphatic heterocycles. The highest BCUT2D eigenvalue weighted by molar-refractivity contribution is 5.54. The number of aromatic nitrogens is 2. The van der Waals surface area contributed by atoms with Crippen LogP contribution in [-0.4, -0.2) is 10.2 Å². The van der Waals surface area contributed by atoms with Crippen molar-refractivity contribution in [2.45, 2.75) is 20.3 Å². The maximum atomic E-state index is 13.6. The highest BCUT2D eigenvalue weighted by Crippen LogP contribution is 2.22. The van der Waals surface area contributed by atoms with Crippen LogP contribution >= 0.6 is 0 Å². The van der Waals surface area contributed by atoms with Crippen LogP contribution in [0.2, 0.25) is 0 Å². The van der Waals surface area contributed by atoms with E-state index in [-0.39, 0.29) is 11.7 Å². The van der Waals surface area contributed by atoms with Gasteiger partial charge in [0.05, 0.1) is 5.56 Å². The fourth-order valence-corrected chi connectivity index (χ4v) is 1.36. The number of benzene rings is 1. The molecule has 2 aromatic rings. The Kier molecular flexibility index (Phi) is 2.49. The van der Waals surface area contributed by atoms with E-state index in [0.717, 1.165) is 12.0 Å². The minimum absolute atomic E-state index is 0.229. The predicted octanol–water partition coefficient (Wildman–Crippen LogP) is 2.75. The Bertz CT molecular complexity index is 479. The first-order valence-corrected chi connectivity index (χ1v) is 4.79. The SMILES string of the molecule is CCc1ccc(-c2nnc(C)o2)c(F)c1. The fraction of sp³-hybridized carbons (Fsp3) is 0.273. The summed E-state index contributed by atoms with van der Waals surface area (Å²) in [5, 5.41) is 7.44. The summed E-state index contributed by atoms with van der Waals surface area (Å²) in [5.41, 5.74) is 1.31. The second kappa shape index (κ2) is 3.81. The Balaban J connectivity index is 2.45. The number of rotatable bonds is 2. The lowest BCUT2D eigenvalue weighted by molar-refractivity contribution is 0.526. The fourth-order valence-electron chi connectivity index (χ4n) is 1.36. The van der Waals surface area contributed by atoms with Gasteiger partial charge in [-0.15, -0.1) is 10.2 Å². The summed E-state index contributed by atoms with van der Waals surface area (Å²) >= 11 is 0. The number of hydrogen-bond donors (Lipinski definition) is 0. The van der Waals surface area contributed by atoms with Crippen molar-refractivity contribution in [1.82, 2.24) is 10.2 Å². The molecule has 0 N–H and O–H groups in total. The smallest absolute Gasteiger partial charge is 0.250 e. The maximum Gasteiger partial charge on any atom is 0.250 e. The van der Waals surface area contributed by atoms with Crippen LogP contribution in [0.4, 0.5) is 4.39 Å². The van der Waals surface area contributed by atoms with Crippen molar-refractivity contribution in [2.75, 3.05) is 0 Å². The van der Waals surface area contributed by atoms with E-state index in [1.165, 1.54) is 6.07 Å². The van der Waals surface area contributed by atoms with Crippen molar-refractivity contribution in [1.29, 1.82) is 0 Å². The molecule has 1 aromatic heterocycles. The molecular weight excluding hydrogens is 195 g/mol. The zero-order valence-corrected chi connectivity index (χ0v) is 8.62. The van der Waals surface area contributed by atoms with Crippen LogP contribution in [-0.2, 0) is 6.42 Å². The summed E-state index contributed by atoms with van der Waals surface area (Å²) in [4.78, 5) is 0. The van der Waals surface area contributed by atoms with Crippen LogP contribution in [0.1, 0.15) is 18.4 Å². The monoisotopic (exact) mass is 206 g/mol. The third-order valence-electron chi connectivity index (χ3n) is 2.20. The molecule has 0 bridgehead atoms. The molecule has 0 spiro atoms. The van der Waals surface area contributed by atoms with Gasteiger partial charge in [0.15, 0.2) is 0 Å². The first-order chi connectivity index (χ1) is 7.20. The molecule has 0 unspecified atom stereocenters. The normalized spacial score (nSPS) is 10.6. The molecule has 2 rings (SSSR count). The Morgan fingerprint density at radius 3 is 2.67 bits per heavy atom. The van der Waals surface area contributed by atoms with E-state index >= 15 is 0 Å². The van der Waals surface area contributed by atoms with Crippen molar-refractivity contribution >= 4 is 0 Å². The molecular formula is C11H11FN2O. The molecule has 0 saturated carbocycles. The zero-order chi connectivity index (χ0) is 10.8. The van der Waals surface area contributed by atoms with E-state index in [1.807, 2.05) is 13.0 Å². The first kappa shape index (κ1) is 9.83. The van der Waals surface area contributed by atoms with Crippen molar-refractivity contribution in [3.8, 4) is 11.5 Å². The zero-order valence-electron chi connectivity index (χ0n) is 8.62. The molecule has 0 aliphatic rings. The highest BCUT2D eigenvalue weighted by atomic mass is 19.1. The van der Waals surface area contributed by atoms with E-state index in [0.29, 0.717) is 11.5 Å². The van der Waals surface area contributed by atoms with Crippen molar-refractivity contribution in [2.24, 2.45) is 0 Å². The van der Waals surface area contributed by atoms with E-state index in [1.54, 1.807) is 13.0 Å². The average Bonchev–Trinajstić information content (AvgIpc) is 2.64. The second-order valence-corrected chi connectivity index (χ2v) is 3.29. The van der Waals surface area contributed by atoms with Gasteiger partial charge in [-0.1, -0.05) is 13.0 Å². The first-order valence-electron chi connectivity index (χ1n) is 4.79. The van der Waals surface area contributed by atoms with Crippen LogP contribution in [0.15, 0.2) is 22.6 Å². The van der Waals surface area contributed by atoms with Gasteiger partial charge in [-0.05, 0) is 24.1 Å². The Hall–Kier alpha value is -1.71. The van der Waals surface area contributed by atoms with Gasteiger partial charge in [0, 0.05) is 6.92 Å². The lowest BCUT2D eigenvalue weighted by atomic mass is 10.1. The van der Waals surface area contributed by atoms with Gasteiger partial charge in [-0.25, -0.2) is 4.39 Å². The molecule has 0 fully saturated rings. The molecule has 15 heavy (non-hydrogen) atoms. The molecule has 78 valence electrons. The van der Waals surface area contributed by atoms with E-state index in [9.17, 15) is 4.39 Å². The van der Waals surface area contributed by atoms with Crippen molar-refractivity contribution in [3.63, 3.8) is 0 Å². The van der Waals surface area contributed by atoms with Crippen molar-refractivity contribution in [3.05, 3.63) is 35.5 Å². The van der Waals surface area contributed by atoms with Crippen LogP contribution < -0.4 is 0 Å². The van der Waals surface area contributed by atoms with E-state index in [2.05, 4.69) is 10.2 Å². The maximum absolute atomic E-state index is 13.6. The van der Waals surface area contributed by atoms with Gasteiger partial charge in [0.25, 0.3) is 5.89 Å². The average molecular weight is 206 g/mol. The number of hydrogen-bond acceptors (Lipinski definition) is 3. The van der Waals surface area contributed by atoms with Crippen LogP contribution in [0.5, 0.6) is 0 Å². The minimum Gasteiger partial charge on any atom is -0.421 e. The quantitative estimate of drug-likeness (QED) is 0.758. The summed E-state index contributed by atoms with van der Waals surface area (Å²) in [7, 11) is 0. The summed E-state index contributed by atoms with van der Waals surface area (Å²) in [6, 6.07) is 5.02. The molecule has 0 atom stereocenters. The Labute approximate surface area is 87.0 Å². The van der Waals surface area contributed by atoms with Gasteiger partial charge in [-0.3, -0.25) is 0 Å². The molecule has 0 amide bonds. The van der Waals surface area contributed by atoms with Gasteiger partial charge >= 0.3 is 0 Å². The lowest BCUT2D eigenvalue weighted by Crippen LogP contribution is -1.88. The second-order valence-electron chi connectivity index (χ2n) is 3.29. The molecule has 0 saturated heterocycles. The molecule has 0 radical (unpaired) electrons. The lowest BCUT2D eigenvalue weighted by Gasteiger charge is -2.00. The van der Waals surface area contributed by atoms with Crippen molar-refractivity contribution < 1.29 is 8.81 Å². The Morgan fingerprint density at radius 1 is 1.33 bits per heavy atom.